The Morgan fingerprint density at radius 1 is 1.10 bits per heavy atom. The number of rotatable bonds is 0. The first-order valence-electron chi connectivity index (χ1n) is 2.88. The molecule has 0 saturated heterocycles. The topological polar surface area (TPSA) is 61.3 Å². The minimum Gasteiger partial charge on any atom is -0.220 e. The molecule has 3 heteroatoms. The fourth-order valence-corrected chi connectivity index (χ4v) is 0.534. The van der Waals surface area contributed by atoms with Crippen molar-refractivity contribution >= 4 is 0 Å². The van der Waals surface area contributed by atoms with Crippen LogP contribution in [0.25, 0.3) is 0 Å². The molecule has 1 aromatic carbocycles. The quantitative estimate of drug-likeness (QED) is 0.522. The maximum absolute atomic E-state index is 4.12. The zero-order chi connectivity index (χ0) is 7.82. The molecule has 0 fully saturated rings. The smallest absolute Gasteiger partial charge is 0.0398 e. The van der Waals surface area contributed by atoms with Gasteiger partial charge in [-0.15, -0.1) is 0 Å². The molecule has 0 saturated carbocycles. The van der Waals surface area contributed by atoms with E-state index in [9.17, 15) is 0 Å². The van der Waals surface area contributed by atoms with E-state index < -0.39 is 0 Å². The van der Waals surface area contributed by atoms with Crippen molar-refractivity contribution in [3.05, 3.63) is 35.9 Å². The van der Waals surface area contributed by atoms with E-state index in [1.807, 2.05) is 18.2 Å². The summed E-state index contributed by atoms with van der Waals surface area (Å²) in [6, 6.07) is 10.3. The summed E-state index contributed by atoms with van der Waals surface area (Å²) >= 11 is 0. The lowest BCUT2D eigenvalue weighted by Crippen LogP contribution is -2.03. The van der Waals surface area contributed by atoms with Gasteiger partial charge in [0.25, 0.3) is 0 Å². The van der Waals surface area contributed by atoms with Crippen LogP contribution in [0.4, 0.5) is 0 Å². The van der Waals surface area contributed by atoms with Gasteiger partial charge in [-0.05, 0) is 6.92 Å². The molecule has 0 aromatic heterocycles. The zero-order valence-electron chi connectivity index (χ0n) is 5.95. The van der Waals surface area contributed by atoms with Crippen molar-refractivity contribution in [3.8, 4) is 0 Å². The molecule has 4 N–H and O–H groups in total. The Kier molecular flexibility index (Phi) is 5.66. The molecular weight excluding hydrogens is 128 g/mol. The second kappa shape index (κ2) is 6.22. The van der Waals surface area contributed by atoms with Gasteiger partial charge >= 0.3 is 0 Å². The average Bonchev–Trinajstić information content (AvgIpc) is 1.91. The lowest BCUT2D eigenvalue weighted by atomic mass is 10.2. The van der Waals surface area contributed by atoms with Crippen LogP contribution in [-0.4, -0.2) is 0 Å². The van der Waals surface area contributed by atoms with Gasteiger partial charge in [-0.25, -0.2) is 4.94 Å². The molecule has 56 valence electrons. The van der Waals surface area contributed by atoms with Crippen molar-refractivity contribution in [1.82, 2.24) is 0 Å². The van der Waals surface area contributed by atoms with E-state index in [4.69, 9.17) is 0 Å². The van der Waals surface area contributed by atoms with Crippen LogP contribution in [0.5, 0.6) is 0 Å². The Hall–Kier alpha value is -0.900. The Bertz CT molecular complexity index is 153. The van der Waals surface area contributed by atoms with Crippen LogP contribution in [0.15, 0.2) is 30.3 Å². The standard InChI is InChI=1S/C7H8.H4N2O/c1-7-5-3-2-4-6-7;1-3-2/h2-6H,1H3;1-2H2. The Balaban J connectivity index is 0.000000236. The first kappa shape index (κ1) is 9.10. The number of hydrogen-bond acceptors (Lipinski definition) is 3. The summed E-state index contributed by atoms with van der Waals surface area (Å²) in [5.41, 5.74) is 1.32. The van der Waals surface area contributed by atoms with E-state index in [2.05, 4.69) is 35.8 Å². The van der Waals surface area contributed by atoms with Gasteiger partial charge in [-0.1, -0.05) is 35.9 Å². The summed E-state index contributed by atoms with van der Waals surface area (Å²) < 4.78 is 0. The molecule has 10 heavy (non-hydrogen) atoms. The molecule has 0 aliphatic carbocycles. The van der Waals surface area contributed by atoms with E-state index >= 15 is 0 Å². The predicted octanol–water partition coefficient (Wildman–Crippen LogP) is 0.745. The summed E-state index contributed by atoms with van der Waals surface area (Å²) in [6.45, 7) is 2.08. The van der Waals surface area contributed by atoms with Crippen LogP contribution in [0.3, 0.4) is 0 Å². The Labute approximate surface area is 60.5 Å². The van der Waals surface area contributed by atoms with E-state index in [0.717, 1.165) is 0 Å². The highest BCUT2D eigenvalue weighted by Crippen LogP contribution is 1.92. The number of nitrogens with two attached hydrogens (primary N) is 2. The predicted molar refractivity (Wildman–Crippen MR) is 40.6 cm³/mol. The summed E-state index contributed by atoms with van der Waals surface area (Å²) in [5, 5.41) is 0. The van der Waals surface area contributed by atoms with Crippen LogP contribution in [0, 0.1) is 6.92 Å². The maximum Gasteiger partial charge on any atom is -0.0398 e. The summed E-state index contributed by atoms with van der Waals surface area (Å²) in [4.78, 5) is 3.25. The largest absolute Gasteiger partial charge is 0.220 e. The van der Waals surface area contributed by atoms with Gasteiger partial charge < -0.3 is 0 Å². The highest BCUT2D eigenvalue weighted by Gasteiger charge is 1.72. The molecule has 0 spiro atoms. The number of aryl methyl sites for hydroxylation is 1. The minimum atomic E-state index is 1.32. The van der Waals surface area contributed by atoms with Gasteiger partial charge in [0.05, 0.1) is 0 Å². The normalized spacial score (nSPS) is 7.90. The lowest BCUT2D eigenvalue weighted by molar-refractivity contribution is 0.142. The van der Waals surface area contributed by atoms with Crippen molar-refractivity contribution < 1.29 is 4.94 Å². The summed E-state index contributed by atoms with van der Waals surface area (Å²) in [5.74, 6) is 8.25. The number of hydrogen-bond donors (Lipinski definition) is 2. The second-order valence-corrected chi connectivity index (χ2v) is 1.79. The van der Waals surface area contributed by atoms with Gasteiger partial charge in [0, 0.05) is 0 Å². The molecule has 0 aliphatic heterocycles. The molecular formula is C7H12N2O. The molecule has 3 nitrogen and oxygen atoms in total. The molecule has 0 unspecified atom stereocenters. The van der Waals surface area contributed by atoms with Crippen molar-refractivity contribution in [2.45, 2.75) is 6.92 Å². The van der Waals surface area contributed by atoms with Gasteiger partial charge in [0.15, 0.2) is 0 Å². The SMILES string of the molecule is Cc1ccccc1.NON. The molecule has 0 amide bonds. The summed E-state index contributed by atoms with van der Waals surface area (Å²) in [7, 11) is 0. The monoisotopic (exact) mass is 140 g/mol. The Morgan fingerprint density at radius 3 is 1.70 bits per heavy atom. The molecule has 0 bridgehead atoms. The van der Waals surface area contributed by atoms with Crippen LogP contribution in [0.2, 0.25) is 0 Å². The van der Waals surface area contributed by atoms with E-state index in [1.54, 1.807) is 0 Å². The van der Waals surface area contributed by atoms with Crippen molar-refractivity contribution in [2.24, 2.45) is 11.8 Å². The van der Waals surface area contributed by atoms with Gasteiger partial charge in [-0.2, -0.15) is 11.8 Å². The lowest BCUT2D eigenvalue weighted by Gasteiger charge is -1.82. The molecule has 0 atom stereocenters. The fraction of sp³-hybridized carbons (Fsp3) is 0.143. The van der Waals surface area contributed by atoms with E-state index in [1.165, 1.54) is 5.56 Å². The summed E-state index contributed by atoms with van der Waals surface area (Å²) in [6.07, 6.45) is 0. The minimum absolute atomic E-state index is 1.32. The van der Waals surface area contributed by atoms with Crippen molar-refractivity contribution in [2.75, 3.05) is 0 Å². The third-order valence-corrected chi connectivity index (χ3v) is 0.940. The third-order valence-electron chi connectivity index (χ3n) is 0.940. The maximum atomic E-state index is 4.12. The molecule has 0 heterocycles. The van der Waals surface area contributed by atoms with Gasteiger partial charge in [0.2, 0.25) is 0 Å². The molecule has 0 radical (unpaired) electrons. The highest BCUT2D eigenvalue weighted by atomic mass is 16.7. The first-order valence-corrected chi connectivity index (χ1v) is 2.88. The van der Waals surface area contributed by atoms with Crippen LogP contribution in [-0.2, 0) is 4.94 Å². The van der Waals surface area contributed by atoms with E-state index in [-0.39, 0.29) is 0 Å². The molecule has 1 aromatic rings. The van der Waals surface area contributed by atoms with Gasteiger partial charge in [0.1, 0.15) is 0 Å². The highest BCUT2D eigenvalue weighted by molar-refractivity contribution is 5.11. The number of benzene rings is 1. The van der Waals surface area contributed by atoms with Gasteiger partial charge in [-0.3, -0.25) is 0 Å². The third kappa shape index (κ3) is 5.24. The fourth-order valence-electron chi connectivity index (χ4n) is 0.534. The Morgan fingerprint density at radius 2 is 1.50 bits per heavy atom. The van der Waals surface area contributed by atoms with E-state index in [0.29, 0.717) is 0 Å². The van der Waals surface area contributed by atoms with Crippen LogP contribution in [0.1, 0.15) is 5.56 Å². The second-order valence-electron chi connectivity index (χ2n) is 1.79. The van der Waals surface area contributed by atoms with Crippen LogP contribution >= 0.6 is 0 Å². The van der Waals surface area contributed by atoms with Crippen molar-refractivity contribution in [3.63, 3.8) is 0 Å². The molecule has 0 aliphatic rings. The first-order chi connectivity index (χ1) is 4.81. The molecule has 1 rings (SSSR count). The van der Waals surface area contributed by atoms with Crippen LogP contribution < -0.4 is 11.8 Å². The average molecular weight is 140 g/mol. The van der Waals surface area contributed by atoms with Crippen molar-refractivity contribution in [1.29, 1.82) is 0 Å². The zero-order valence-corrected chi connectivity index (χ0v) is 5.95.